The number of nitrogens with two attached hydrogens (primary N) is 1. The fourth-order valence-electron chi connectivity index (χ4n) is 14.6. The lowest BCUT2D eigenvalue weighted by atomic mass is 9.33. The van der Waals surface area contributed by atoms with E-state index in [2.05, 4.69) is 65.6 Å². The molecule has 4 saturated carbocycles. The van der Waals surface area contributed by atoms with E-state index in [1.54, 1.807) is 0 Å². The Labute approximate surface area is 327 Å². The Morgan fingerprint density at radius 3 is 2.27 bits per heavy atom. The molecule has 0 bridgehead atoms. The van der Waals surface area contributed by atoms with E-state index in [-0.39, 0.29) is 40.1 Å². The number of carbonyl (C=O) groups is 1. The second-order valence-corrected chi connectivity index (χ2v) is 20.3. The Morgan fingerprint density at radius 1 is 0.927 bits per heavy atom. The SMILES string of the molecule is C=C(C)C1CCC2(NC(CN)C(F)(F)F)CC[C@]3(C)[C@H](CC[C@@H]4[C@@]5(C)CC=C(C6=CC[C@](CF)(C(=O)OCc7ccccc7)CC6)C(C)(C)[C@@H]5CC[C@]43C)[C@@H]12. The van der Waals surface area contributed by atoms with Gasteiger partial charge in [-0.05, 0) is 152 Å². The maximum Gasteiger partial charge on any atom is 0.405 e. The van der Waals surface area contributed by atoms with Crippen molar-refractivity contribution in [1.29, 1.82) is 0 Å². The minimum atomic E-state index is -4.38. The third kappa shape index (κ3) is 6.32. The molecule has 7 rings (SSSR count). The highest BCUT2D eigenvalue weighted by Gasteiger charge is 2.71. The summed E-state index contributed by atoms with van der Waals surface area (Å²) in [5, 5.41) is 3.22. The first-order chi connectivity index (χ1) is 25.8. The number of allylic oxidation sites excluding steroid dienone is 5. The molecule has 3 N–H and O–H groups in total. The second-order valence-electron chi connectivity index (χ2n) is 20.3. The molecule has 55 heavy (non-hydrogen) atoms. The van der Waals surface area contributed by atoms with Crippen molar-refractivity contribution in [2.75, 3.05) is 13.2 Å². The average molecular weight is 767 g/mol. The quantitative estimate of drug-likeness (QED) is 0.149. The van der Waals surface area contributed by atoms with Crippen LogP contribution in [0.15, 0.2) is 65.8 Å². The number of hydrogen-bond donors (Lipinski definition) is 2. The number of benzene rings is 1. The van der Waals surface area contributed by atoms with Crippen LogP contribution in [0.1, 0.15) is 124 Å². The monoisotopic (exact) mass is 767 g/mol. The van der Waals surface area contributed by atoms with Crippen LogP contribution < -0.4 is 11.1 Å². The predicted octanol–water partition coefficient (Wildman–Crippen LogP) is 11.2. The second kappa shape index (κ2) is 14.1. The fraction of sp³-hybridized carbons (Fsp3) is 0.723. The van der Waals surface area contributed by atoms with Gasteiger partial charge in [0.1, 0.15) is 19.3 Å². The van der Waals surface area contributed by atoms with Crippen molar-refractivity contribution in [2.45, 2.75) is 143 Å². The number of carbonyl (C=O) groups excluding carboxylic acids is 1. The highest BCUT2D eigenvalue weighted by Crippen LogP contribution is 2.76. The van der Waals surface area contributed by atoms with Gasteiger partial charge in [-0.2, -0.15) is 13.2 Å². The van der Waals surface area contributed by atoms with Crippen LogP contribution in [0.25, 0.3) is 0 Å². The Morgan fingerprint density at radius 2 is 1.65 bits per heavy atom. The summed E-state index contributed by atoms with van der Waals surface area (Å²) < 4.78 is 63.1. The first-order valence-corrected chi connectivity index (χ1v) is 21.2. The van der Waals surface area contributed by atoms with E-state index in [1.165, 1.54) is 11.1 Å². The molecule has 0 aliphatic heterocycles. The van der Waals surface area contributed by atoms with Crippen LogP contribution in [0.3, 0.4) is 0 Å². The molecule has 3 unspecified atom stereocenters. The summed E-state index contributed by atoms with van der Waals surface area (Å²) in [7, 11) is 0. The summed E-state index contributed by atoms with van der Waals surface area (Å²) in [6.07, 6.45) is 10.3. The van der Waals surface area contributed by atoms with Gasteiger partial charge in [0.25, 0.3) is 0 Å². The summed E-state index contributed by atoms with van der Waals surface area (Å²) in [6, 6.07) is 7.85. The largest absolute Gasteiger partial charge is 0.460 e. The van der Waals surface area contributed by atoms with Crippen LogP contribution in [0.4, 0.5) is 17.6 Å². The number of nitrogens with one attached hydrogen (secondary N) is 1. The van der Waals surface area contributed by atoms with Gasteiger partial charge in [-0.25, -0.2) is 4.39 Å². The first kappa shape index (κ1) is 40.7. The Hall–Kier alpha value is -2.45. The van der Waals surface area contributed by atoms with Crippen LogP contribution in [-0.4, -0.2) is 36.9 Å². The van der Waals surface area contributed by atoms with Crippen LogP contribution in [0.5, 0.6) is 0 Å². The van der Waals surface area contributed by atoms with Crippen LogP contribution in [-0.2, 0) is 16.1 Å². The Bertz CT molecular complexity index is 1700. The molecule has 6 aliphatic carbocycles. The third-order valence-corrected chi connectivity index (χ3v) is 17.6. The molecule has 8 heteroatoms. The van der Waals surface area contributed by atoms with Crippen molar-refractivity contribution in [3.05, 3.63) is 71.3 Å². The third-order valence-electron chi connectivity index (χ3n) is 17.6. The predicted molar refractivity (Wildman–Crippen MR) is 211 cm³/mol. The summed E-state index contributed by atoms with van der Waals surface area (Å²) >= 11 is 0. The van der Waals surface area contributed by atoms with E-state index in [4.69, 9.17) is 10.5 Å². The molecule has 1 aromatic carbocycles. The lowest BCUT2D eigenvalue weighted by Crippen LogP contribution is -2.69. The average Bonchev–Trinajstić information content (AvgIpc) is 3.53. The number of rotatable bonds is 9. The fourth-order valence-corrected chi connectivity index (χ4v) is 14.6. The highest BCUT2D eigenvalue weighted by atomic mass is 19.4. The van der Waals surface area contributed by atoms with Crippen molar-refractivity contribution < 1.29 is 27.1 Å². The standard InChI is InChI=1S/C47H66F4N2O2/c1-30(2)33-17-24-46(53-38(27-52)47(49,50)51)26-25-43(6)35(39(33)46)13-14-37-42(5)20-18-34(41(3,4)36(42)19-21-44(37,43)7)32-15-22-45(29-48,23-16-32)40(54)55-28-31-11-9-8-10-12-31/h8-12,15,18,33,35-39,53H,1,13-14,16-17,19-29,52H2,2-7H3/t33?,35-,36+,37-,38?,39-,42+,43-,44-,45+,46?/m1/s1. The number of hydrogen-bond acceptors (Lipinski definition) is 4. The Balaban J connectivity index is 1.13. The summed E-state index contributed by atoms with van der Waals surface area (Å²) in [4.78, 5) is 13.3. The van der Waals surface area contributed by atoms with Gasteiger partial charge in [-0.15, -0.1) is 0 Å². The van der Waals surface area contributed by atoms with Gasteiger partial charge in [-0.3, -0.25) is 10.1 Å². The number of fused-ring (bicyclic) bond motifs is 7. The minimum Gasteiger partial charge on any atom is -0.460 e. The number of alkyl halides is 4. The molecule has 0 aromatic heterocycles. The van der Waals surface area contributed by atoms with Gasteiger partial charge in [0, 0.05) is 12.1 Å². The van der Waals surface area contributed by atoms with E-state index < -0.39 is 42.4 Å². The van der Waals surface area contributed by atoms with Crippen molar-refractivity contribution in [1.82, 2.24) is 5.32 Å². The highest BCUT2D eigenvalue weighted by molar-refractivity contribution is 5.78. The molecular weight excluding hydrogens is 701 g/mol. The number of halogens is 4. The molecule has 304 valence electrons. The lowest BCUT2D eigenvalue weighted by molar-refractivity contribution is -0.225. The zero-order valence-electron chi connectivity index (χ0n) is 34.2. The summed E-state index contributed by atoms with van der Waals surface area (Å²) in [5.74, 6) is 1.14. The molecule has 0 saturated heterocycles. The van der Waals surface area contributed by atoms with E-state index in [9.17, 15) is 22.4 Å². The summed E-state index contributed by atoms with van der Waals surface area (Å²) in [6.45, 7) is 17.9. The van der Waals surface area contributed by atoms with E-state index in [0.29, 0.717) is 37.0 Å². The maximum absolute atomic E-state index is 14.7. The lowest BCUT2D eigenvalue weighted by Gasteiger charge is -2.72. The summed E-state index contributed by atoms with van der Waals surface area (Å²) in [5.41, 5.74) is 8.73. The van der Waals surface area contributed by atoms with E-state index >= 15 is 0 Å². The molecule has 0 radical (unpaired) electrons. The van der Waals surface area contributed by atoms with Crippen LogP contribution in [0.2, 0.25) is 0 Å². The molecule has 0 spiro atoms. The maximum atomic E-state index is 14.7. The molecule has 1 aromatic rings. The molecular formula is C47H66F4N2O2. The van der Waals surface area contributed by atoms with E-state index in [1.807, 2.05) is 30.3 Å². The van der Waals surface area contributed by atoms with Gasteiger partial charge < -0.3 is 10.5 Å². The Kier molecular flexibility index (Phi) is 10.5. The smallest absolute Gasteiger partial charge is 0.405 e. The van der Waals surface area contributed by atoms with Crippen LogP contribution in [0, 0.1) is 56.7 Å². The van der Waals surface area contributed by atoms with Crippen molar-refractivity contribution in [2.24, 2.45) is 62.4 Å². The van der Waals surface area contributed by atoms with Crippen molar-refractivity contribution in [3.8, 4) is 0 Å². The van der Waals surface area contributed by atoms with Crippen molar-refractivity contribution >= 4 is 5.97 Å². The normalized spacial score (nSPS) is 41.4. The van der Waals surface area contributed by atoms with Crippen LogP contribution >= 0.6 is 0 Å². The zero-order valence-corrected chi connectivity index (χ0v) is 34.2. The number of esters is 1. The molecule has 0 amide bonds. The molecule has 11 atom stereocenters. The first-order valence-electron chi connectivity index (χ1n) is 21.2. The van der Waals surface area contributed by atoms with Crippen molar-refractivity contribution in [3.63, 3.8) is 0 Å². The van der Waals surface area contributed by atoms with Gasteiger partial charge >= 0.3 is 12.1 Å². The number of ether oxygens (including phenoxy) is 1. The molecule has 0 heterocycles. The molecule has 4 fully saturated rings. The minimum absolute atomic E-state index is 0.000918. The van der Waals surface area contributed by atoms with Gasteiger partial charge in [-0.1, -0.05) is 89.3 Å². The topological polar surface area (TPSA) is 64.3 Å². The van der Waals surface area contributed by atoms with Gasteiger partial charge in [0.05, 0.1) is 5.41 Å². The van der Waals surface area contributed by atoms with E-state index in [0.717, 1.165) is 68.9 Å². The molecule has 4 nitrogen and oxygen atoms in total. The zero-order chi connectivity index (χ0) is 39.8. The van der Waals surface area contributed by atoms with Gasteiger partial charge in [0.15, 0.2) is 0 Å². The molecule has 6 aliphatic rings. The van der Waals surface area contributed by atoms with Gasteiger partial charge in [0.2, 0.25) is 0 Å².